The van der Waals surface area contributed by atoms with Crippen molar-refractivity contribution < 1.29 is 4.74 Å². The number of rotatable bonds is 7. The van der Waals surface area contributed by atoms with Crippen LogP contribution in [0.2, 0.25) is 0 Å². The van der Waals surface area contributed by atoms with Gasteiger partial charge in [-0.25, -0.2) is 4.31 Å². The van der Waals surface area contributed by atoms with E-state index in [2.05, 4.69) is 95.1 Å². The van der Waals surface area contributed by atoms with Crippen LogP contribution in [-0.4, -0.2) is 42.6 Å². The molecule has 29 heavy (non-hydrogen) atoms. The van der Waals surface area contributed by atoms with Crippen LogP contribution >= 0.6 is 11.9 Å². The molecule has 0 N–H and O–H groups in total. The predicted molar refractivity (Wildman–Crippen MR) is 122 cm³/mol. The summed E-state index contributed by atoms with van der Waals surface area (Å²) in [6, 6.07) is 28.5. The summed E-state index contributed by atoms with van der Waals surface area (Å²) in [7, 11) is 2.17. The van der Waals surface area contributed by atoms with Gasteiger partial charge in [-0.15, -0.1) is 0 Å². The Kier molecular flexibility index (Phi) is 7.01. The lowest BCUT2D eigenvalue weighted by Crippen LogP contribution is -2.30. The third kappa shape index (κ3) is 5.94. The molecule has 0 aromatic heterocycles. The number of hydrogen-bond acceptors (Lipinski definition) is 4. The highest BCUT2D eigenvalue weighted by atomic mass is 32.2. The van der Waals surface area contributed by atoms with Gasteiger partial charge in [0.15, 0.2) is 0 Å². The molecular formula is C25H28N2OS. The quantitative estimate of drug-likeness (QED) is 0.495. The van der Waals surface area contributed by atoms with Crippen molar-refractivity contribution in [1.29, 1.82) is 0 Å². The van der Waals surface area contributed by atoms with Crippen LogP contribution in [0.5, 0.6) is 0 Å². The van der Waals surface area contributed by atoms with Crippen molar-refractivity contribution in [2.45, 2.75) is 18.0 Å². The molecule has 0 saturated carbocycles. The minimum Gasteiger partial charge on any atom is -0.379 e. The zero-order valence-corrected chi connectivity index (χ0v) is 17.8. The van der Waals surface area contributed by atoms with Crippen LogP contribution in [-0.2, 0) is 17.8 Å². The van der Waals surface area contributed by atoms with Crippen LogP contribution < -0.4 is 0 Å². The molecule has 3 aromatic carbocycles. The summed E-state index contributed by atoms with van der Waals surface area (Å²) in [6.07, 6.45) is 0. The second-order valence-electron chi connectivity index (χ2n) is 7.51. The number of hydrogen-bond donors (Lipinski definition) is 0. The second kappa shape index (κ2) is 10.1. The van der Waals surface area contributed by atoms with E-state index in [1.807, 2.05) is 11.9 Å². The van der Waals surface area contributed by atoms with Gasteiger partial charge in [0.05, 0.1) is 13.2 Å². The SMILES string of the molecule is CN(Cc1ccccc1)Cc1ccc(-c2ccc(SN3CCOCC3)cc2)cc1. The first-order valence-electron chi connectivity index (χ1n) is 10.2. The fourth-order valence-electron chi connectivity index (χ4n) is 3.56. The molecule has 0 amide bonds. The van der Waals surface area contributed by atoms with Gasteiger partial charge in [-0.2, -0.15) is 0 Å². The first-order chi connectivity index (χ1) is 14.3. The lowest BCUT2D eigenvalue weighted by atomic mass is 10.0. The van der Waals surface area contributed by atoms with Gasteiger partial charge in [-0.05, 0) is 53.4 Å². The van der Waals surface area contributed by atoms with Gasteiger partial charge in [0.2, 0.25) is 0 Å². The minimum absolute atomic E-state index is 0.831. The Bertz CT molecular complexity index is 875. The average molecular weight is 405 g/mol. The smallest absolute Gasteiger partial charge is 0.0603 e. The van der Waals surface area contributed by atoms with Crippen molar-refractivity contribution in [2.75, 3.05) is 33.4 Å². The number of benzene rings is 3. The molecular weight excluding hydrogens is 376 g/mol. The molecule has 1 fully saturated rings. The molecule has 4 heteroatoms. The Balaban J connectivity index is 1.33. The van der Waals surface area contributed by atoms with Gasteiger partial charge in [-0.3, -0.25) is 4.90 Å². The zero-order valence-electron chi connectivity index (χ0n) is 17.0. The molecule has 0 aliphatic carbocycles. The third-order valence-corrected chi connectivity index (χ3v) is 6.20. The Labute approximate surface area is 178 Å². The highest BCUT2D eigenvalue weighted by molar-refractivity contribution is 7.97. The Morgan fingerprint density at radius 1 is 0.759 bits per heavy atom. The van der Waals surface area contributed by atoms with E-state index in [4.69, 9.17) is 4.74 Å². The van der Waals surface area contributed by atoms with Crippen molar-refractivity contribution in [3.8, 4) is 11.1 Å². The van der Waals surface area contributed by atoms with Gasteiger partial charge in [-0.1, -0.05) is 66.7 Å². The summed E-state index contributed by atoms with van der Waals surface area (Å²) in [5.41, 5.74) is 5.22. The molecule has 1 aliphatic rings. The molecule has 0 spiro atoms. The van der Waals surface area contributed by atoms with E-state index in [9.17, 15) is 0 Å². The normalized spacial score (nSPS) is 15.0. The van der Waals surface area contributed by atoms with Crippen molar-refractivity contribution in [3.63, 3.8) is 0 Å². The molecule has 0 unspecified atom stereocenters. The van der Waals surface area contributed by atoms with Crippen LogP contribution in [0.1, 0.15) is 11.1 Å². The topological polar surface area (TPSA) is 15.7 Å². The summed E-state index contributed by atoms with van der Waals surface area (Å²) in [6.45, 7) is 5.56. The summed E-state index contributed by atoms with van der Waals surface area (Å²) < 4.78 is 7.79. The monoisotopic (exact) mass is 404 g/mol. The second-order valence-corrected chi connectivity index (χ2v) is 8.68. The van der Waals surface area contributed by atoms with Crippen LogP contribution in [0.25, 0.3) is 11.1 Å². The van der Waals surface area contributed by atoms with Crippen LogP contribution in [0.4, 0.5) is 0 Å². The average Bonchev–Trinajstić information content (AvgIpc) is 2.76. The standard InChI is InChI=1S/C25H28N2OS/c1-26(19-21-5-3-2-4-6-21)20-22-7-9-23(10-8-22)24-11-13-25(14-12-24)29-27-15-17-28-18-16-27/h2-14H,15-20H2,1H3. The maximum absolute atomic E-state index is 5.42. The van der Waals surface area contributed by atoms with E-state index in [1.54, 1.807) is 0 Å². The molecule has 1 saturated heterocycles. The molecule has 0 atom stereocenters. The van der Waals surface area contributed by atoms with Crippen molar-refractivity contribution in [1.82, 2.24) is 9.21 Å². The number of ether oxygens (including phenoxy) is 1. The minimum atomic E-state index is 0.831. The van der Waals surface area contributed by atoms with Crippen LogP contribution in [0.15, 0.2) is 83.8 Å². The molecule has 4 rings (SSSR count). The summed E-state index contributed by atoms with van der Waals surface area (Å²) in [5, 5.41) is 0. The molecule has 0 radical (unpaired) electrons. The predicted octanol–water partition coefficient (Wildman–Crippen LogP) is 5.32. The zero-order chi connectivity index (χ0) is 19.9. The van der Waals surface area contributed by atoms with Gasteiger partial charge < -0.3 is 4.74 Å². The van der Waals surface area contributed by atoms with E-state index in [-0.39, 0.29) is 0 Å². The van der Waals surface area contributed by atoms with E-state index in [0.29, 0.717) is 0 Å². The Morgan fingerprint density at radius 3 is 1.93 bits per heavy atom. The lowest BCUT2D eigenvalue weighted by molar-refractivity contribution is 0.0773. The maximum Gasteiger partial charge on any atom is 0.0603 e. The summed E-state index contributed by atoms with van der Waals surface area (Å²) in [5.74, 6) is 0. The van der Waals surface area contributed by atoms with Gasteiger partial charge >= 0.3 is 0 Å². The lowest BCUT2D eigenvalue weighted by Gasteiger charge is -2.25. The Morgan fingerprint density at radius 2 is 1.31 bits per heavy atom. The molecule has 1 heterocycles. The fourth-order valence-corrected chi connectivity index (χ4v) is 4.45. The first kappa shape index (κ1) is 20.2. The van der Waals surface area contributed by atoms with E-state index in [1.165, 1.54) is 27.1 Å². The molecule has 150 valence electrons. The molecule has 3 nitrogen and oxygen atoms in total. The van der Waals surface area contributed by atoms with Crippen molar-refractivity contribution in [3.05, 3.63) is 90.0 Å². The van der Waals surface area contributed by atoms with E-state index < -0.39 is 0 Å². The highest BCUT2D eigenvalue weighted by Gasteiger charge is 2.11. The van der Waals surface area contributed by atoms with Gasteiger partial charge in [0.25, 0.3) is 0 Å². The molecule has 3 aromatic rings. The maximum atomic E-state index is 5.42. The highest BCUT2D eigenvalue weighted by Crippen LogP contribution is 2.27. The summed E-state index contributed by atoms with van der Waals surface area (Å²) in [4.78, 5) is 3.64. The van der Waals surface area contributed by atoms with Crippen molar-refractivity contribution >= 4 is 11.9 Å². The fraction of sp³-hybridized carbons (Fsp3) is 0.280. The largest absolute Gasteiger partial charge is 0.379 e. The van der Waals surface area contributed by atoms with Gasteiger partial charge in [0.1, 0.15) is 0 Å². The summed E-state index contributed by atoms with van der Waals surface area (Å²) >= 11 is 1.83. The Hall–Kier alpha value is -2.11. The van der Waals surface area contributed by atoms with Gasteiger partial charge in [0, 0.05) is 31.1 Å². The van der Waals surface area contributed by atoms with Crippen LogP contribution in [0.3, 0.4) is 0 Å². The van der Waals surface area contributed by atoms with E-state index >= 15 is 0 Å². The number of nitrogens with zero attached hydrogens (tertiary/aromatic N) is 2. The molecule has 1 aliphatic heterocycles. The number of morpholine rings is 1. The van der Waals surface area contributed by atoms with E-state index in [0.717, 1.165) is 39.4 Å². The third-order valence-electron chi connectivity index (χ3n) is 5.09. The molecule has 0 bridgehead atoms. The van der Waals surface area contributed by atoms with Crippen LogP contribution in [0, 0.1) is 0 Å². The first-order valence-corrected chi connectivity index (χ1v) is 11.0. The van der Waals surface area contributed by atoms with Crippen molar-refractivity contribution in [2.24, 2.45) is 0 Å².